The van der Waals surface area contributed by atoms with Crippen LogP contribution < -0.4 is 0 Å². The standard InChI is InChI=1S/C17H18FN5O4S/c1-11-15(21-27-20-11)10-28(24,25)23-8-6-13(7-9-23)17-19-16(22-26-17)12-2-4-14(18)5-3-12/h2-5,13H,6-10H2,1H3. The quantitative estimate of drug-likeness (QED) is 0.633. The molecule has 1 aliphatic rings. The molecule has 28 heavy (non-hydrogen) atoms. The van der Waals surface area contributed by atoms with Crippen LogP contribution in [0.3, 0.4) is 0 Å². The molecule has 0 atom stereocenters. The topological polar surface area (TPSA) is 115 Å². The average Bonchev–Trinajstić information content (AvgIpc) is 3.32. The van der Waals surface area contributed by atoms with Gasteiger partial charge >= 0.3 is 0 Å². The normalized spacial score (nSPS) is 16.5. The number of rotatable bonds is 5. The fraction of sp³-hybridized carbons (Fsp3) is 0.412. The smallest absolute Gasteiger partial charge is 0.230 e. The van der Waals surface area contributed by atoms with Gasteiger partial charge < -0.3 is 4.52 Å². The number of benzene rings is 1. The molecule has 11 heteroatoms. The van der Waals surface area contributed by atoms with E-state index in [1.165, 1.54) is 16.4 Å². The minimum absolute atomic E-state index is 0.0244. The Hall–Kier alpha value is -2.66. The van der Waals surface area contributed by atoms with Crippen LogP contribution in [0, 0.1) is 12.7 Å². The Morgan fingerprint density at radius 2 is 1.86 bits per heavy atom. The van der Waals surface area contributed by atoms with Gasteiger partial charge in [0, 0.05) is 24.6 Å². The molecule has 0 amide bonds. The molecule has 9 nitrogen and oxygen atoms in total. The molecule has 0 saturated carbocycles. The number of nitrogens with zero attached hydrogens (tertiary/aromatic N) is 5. The zero-order chi connectivity index (χ0) is 19.7. The highest BCUT2D eigenvalue weighted by atomic mass is 32.2. The van der Waals surface area contributed by atoms with Crippen LogP contribution in [0.5, 0.6) is 0 Å². The molecule has 3 aromatic rings. The van der Waals surface area contributed by atoms with E-state index in [1.807, 2.05) is 0 Å². The highest BCUT2D eigenvalue weighted by Gasteiger charge is 2.32. The van der Waals surface area contributed by atoms with E-state index in [-0.39, 0.29) is 17.5 Å². The van der Waals surface area contributed by atoms with Gasteiger partial charge in [0.05, 0.1) is 0 Å². The summed E-state index contributed by atoms with van der Waals surface area (Å²) in [6, 6.07) is 5.83. The number of sulfonamides is 1. The largest absolute Gasteiger partial charge is 0.339 e. The summed E-state index contributed by atoms with van der Waals surface area (Å²) in [7, 11) is -3.51. The van der Waals surface area contributed by atoms with E-state index in [9.17, 15) is 12.8 Å². The molecule has 0 unspecified atom stereocenters. The third-order valence-corrected chi connectivity index (χ3v) is 6.60. The Kier molecular flexibility index (Phi) is 4.94. The number of piperidine rings is 1. The summed E-state index contributed by atoms with van der Waals surface area (Å²) in [5.41, 5.74) is 1.45. The van der Waals surface area contributed by atoms with Crippen molar-refractivity contribution in [3.05, 3.63) is 47.4 Å². The van der Waals surface area contributed by atoms with Gasteiger partial charge in [0.2, 0.25) is 21.7 Å². The minimum Gasteiger partial charge on any atom is -0.339 e. The Morgan fingerprint density at radius 1 is 1.14 bits per heavy atom. The van der Waals surface area contributed by atoms with Gasteiger partial charge in [-0.05, 0) is 44.0 Å². The Bertz CT molecular complexity index is 1060. The number of hydrogen-bond acceptors (Lipinski definition) is 8. The van der Waals surface area contributed by atoms with Crippen molar-refractivity contribution in [2.75, 3.05) is 13.1 Å². The van der Waals surface area contributed by atoms with Crippen molar-refractivity contribution in [3.8, 4) is 11.4 Å². The first kappa shape index (κ1) is 18.7. The summed E-state index contributed by atoms with van der Waals surface area (Å²) >= 11 is 0. The molecule has 0 spiro atoms. The Morgan fingerprint density at radius 3 is 2.50 bits per heavy atom. The molecule has 1 fully saturated rings. The average molecular weight is 407 g/mol. The van der Waals surface area contributed by atoms with Crippen LogP contribution in [0.2, 0.25) is 0 Å². The van der Waals surface area contributed by atoms with Crippen molar-refractivity contribution in [2.24, 2.45) is 0 Å². The third-order valence-electron chi connectivity index (χ3n) is 4.81. The summed E-state index contributed by atoms with van der Waals surface area (Å²) in [4.78, 5) is 4.39. The molecule has 0 aliphatic carbocycles. The van der Waals surface area contributed by atoms with Gasteiger partial charge in [0.15, 0.2) is 0 Å². The van der Waals surface area contributed by atoms with E-state index >= 15 is 0 Å². The number of halogens is 1. The fourth-order valence-electron chi connectivity index (χ4n) is 3.14. The molecule has 1 aliphatic heterocycles. The van der Waals surface area contributed by atoms with Gasteiger partial charge in [-0.3, -0.25) is 0 Å². The van der Waals surface area contributed by atoms with E-state index in [4.69, 9.17) is 4.52 Å². The van der Waals surface area contributed by atoms with Crippen LogP contribution in [0.25, 0.3) is 11.4 Å². The van der Waals surface area contributed by atoms with Crippen LogP contribution in [0.1, 0.15) is 36.0 Å². The van der Waals surface area contributed by atoms with Crippen molar-refractivity contribution >= 4 is 10.0 Å². The molecule has 4 rings (SSSR count). The minimum atomic E-state index is -3.51. The van der Waals surface area contributed by atoms with Crippen LogP contribution in [-0.2, 0) is 15.8 Å². The summed E-state index contributed by atoms with van der Waals surface area (Å²) in [5.74, 6) is 0.260. The van der Waals surface area contributed by atoms with Crippen LogP contribution >= 0.6 is 0 Å². The lowest BCUT2D eigenvalue weighted by Gasteiger charge is -2.29. The second-order valence-corrected chi connectivity index (χ2v) is 8.66. The zero-order valence-corrected chi connectivity index (χ0v) is 15.9. The molecule has 3 heterocycles. The highest BCUT2D eigenvalue weighted by molar-refractivity contribution is 7.88. The lowest BCUT2D eigenvalue weighted by atomic mass is 9.98. The number of hydrogen-bond donors (Lipinski definition) is 0. The molecule has 1 aromatic carbocycles. The number of aryl methyl sites for hydroxylation is 1. The Labute approximate surface area is 160 Å². The first-order valence-corrected chi connectivity index (χ1v) is 10.4. The van der Waals surface area contributed by atoms with Crippen LogP contribution in [0.15, 0.2) is 33.4 Å². The van der Waals surface area contributed by atoms with E-state index < -0.39 is 10.0 Å². The van der Waals surface area contributed by atoms with Gasteiger partial charge in [-0.1, -0.05) is 15.5 Å². The van der Waals surface area contributed by atoms with Gasteiger partial charge in [-0.2, -0.15) is 4.98 Å². The van der Waals surface area contributed by atoms with E-state index in [0.29, 0.717) is 54.6 Å². The molecular weight excluding hydrogens is 389 g/mol. The SMILES string of the molecule is Cc1nonc1CS(=O)(=O)N1CCC(c2nc(-c3ccc(F)cc3)no2)CC1. The van der Waals surface area contributed by atoms with Gasteiger partial charge in [-0.15, -0.1) is 0 Å². The molecule has 148 valence electrons. The molecule has 1 saturated heterocycles. The predicted molar refractivity (Wildman–Crippen MR) is 94.9 cm³/mol. The maximum absolute atomic E-state index is 13.0. The van der Waals surface area contributed by atoms with Crippen LogP contribution in [-0.4, -0.2) is 46.3 Å². The van der Waals surface area contributed by atoms with Crippen LogP contribution in [0.4, 0.5) is 4.39 Å². The molecular formula is C17H18FN5O4S. The first-order valence-electron chi connectivity index (χ1n) is 8.78. The highest BCUT2D eigenvalue weighted by Crippen LogP contribution is 2.30. The van der Waals surface area contributed by atoms with E-state index in [2.05, 4.69) is 25.1 Å². The summed E-state index contributed by atoms with van der Waals surface area (Å²) in [6.45, 7) is 2.36. The molecule has 2 aromatic heterocycles. The number of aromatic nitrogens is 4. The molecule has 0 bridgehead atoms. The van der Waals surface area contributed by atoms with E-state index in [1.54, 1.807) is 19.1 Å². The zero-order valence-electron chi connectivity index (χ0n) is 15.1. The molecule has 0 radical (unpaired) electrons. The Balaban J connectivity index is 1.40. The van der Waals surface area contributed by atoms with Crippen molar-refractivity contribution < 1.29 is 22.0 Å². The van der Waals surface area contributed by atoms with Crippen molar-refractivity contribution in [2.45, 2.75) is 31.4 Å². The summed E-state index contributed by atoms with van der Waals surface area (Å²) in [5, 5.41) is 11.2. The second kappa shape index (κ2) is 7.40. The van der Waals surface area contributed by atoms with Crippen molar-refractivity contribution in [3.63, 3.8) is 0 Å². The van der Waals surface area contributed by atoms with Gasteiger partial charge in [0.25, 0.3) is 0 Å². The maximum atomic E-state index is 13.0. The third kappa shape index (κ3) is 3.80. The van der Waals surface area contributed by atoms with Gasteiger partial charge in [0.1, 0.15) is 23.0 Å². The predicted octanol–water partition coefficient (Wildman–Crippen LogP) is 2.28. The van der Waals surface area contributed by atoms with Crippen molar-refractivity contribution in [1.29, 1.82) is 0 Å². The second-order valence-electron chi connectivity index (χ2n) is 6.69. The monoisotopic (exact) mass is 407 g/mol. The fourth-order valence-corrected chi connectivity index (χ4v) is 4.70. The lowest BCUT2D eigenvalue weighted by molar-refractivity contribution is 0.270. The first-order chi connectivity index (χ1) is 13.4. The lowest BCUT2D eigenvalue weighted by Crippen LogP contribution is -2.38. The van der Waals surface area contributed by atoms with E-state index in [0.717, 1.165) is 0 Å². The van der Waals surface area contributed by atoms with Crippen molar-refractivity contribution in [1.82, 2.24) is 24.8 Å². The maximum Gasteiger partial charge on any atom is 0.230 e. The summed E-state index contributed by atoms with van der Waals surface area (Å²) < 4.78 is 49.6. The van der Waals surface area contributed by atoms with Gasteiger partial charge in [-0.25, -0.2) is 21.7 Å². The molecule has 0 N–H and O–H groups in total. The summed E-state index contributed by atoms with van der Waals surface area (Å²) in [6.07, 6.45) is 1.14.